The first kappa shape index (κ1) is 13.0. The van der Waals surface area contributed by atoms with E-state index in [4.69, 9.17) is 5.14 Å². The molecule has 5 nitrogen and oxygen atoms in total. The average Bonchev–Trinajstić information content (AvgIpc) is 2.92. The Kier molecular flexibility index (Phi) is 3.12. The Hall–Kier alpha value is -1.47. The van der Waals surface area contributed by atoms with Crippen LogP contribution in [0.5, 0.6) is 0 Å². The van der Waals surface area contributed by atoms with Gasteiger partial charge in [-0.1, -0.05) is 6.92 Å². The van der Waals surface area contributed by atoms with Crippen molar-refractivity contribution < 1.29 is 17.6 Å². The molecule has 7 heteroatoms. The molecule has 2 atom stereocenters. The lowest BCUT2D eigenvalue weighted by molar-refractivity contribution is 0.0948. The maximum atomic E-state index is 13.2. The van der Waals surface area contributed by atoms with Gasteiger partial charge in [-0.3, -0.25) is 4.79 Å². The van der Waals surface area contributed by atoms with Gasteiger partial charge in [-0.15, -0.1) is 0 Å². The smallest absolute Gasteiger partial charge is 0.251 e. The van der Waals surface area contributed by atoms with Gasteiger partial charge in [0, 0.05) is 11.6 Å². The third-order valence-electron chi connectivity index (χ3n) is 2.89. The standard InChI is InChI=1S/C11H13FN2O3S/c1-6-2-10(6)14-11(15)7-3-8(12)5-9(4-7)18(13,16)17/h3-6,10H,2H2,1H3,(H,14,15)(H2,13,16,17). The molecule has 0 heterocycles. The summed E-state index contributed by atoms with van der Waals surface area (Å²) in [5.74, 6) is -0.899. The van der Waals surface area contributed by atoms with Crippen LogP contribution in [0.1, 0.15) is 23.7 Å². The molecule has 1 aromatic rings. The summed E-state index contributed by atoms with van der Waals surface area (Å²) >= 11 is 0. The predicted octanol–water partition coefficient (Wildman–Crippen LogP) is 0.611. The van der Waals surface area contributed by atoms with Gasteiger partial charge >= 0.3 is 0 Å². The maximum absolute atomic E-state index is 13.2. The summed E-state index contributed by atoms with van der Waals surface area (Å²) in [5.41, 5.74) is -0.0434. The quantitative estimate of drug-likeness (QED) is 0.845. The molecule has 1 aliphatic rings. The minimum atomic E-state index is -4.02. The first-order chi connectivity index (χ1) is 8.27. The molecule has 2 rings (SSSR count). The van der Waals surface area contributed by atoms with Crippen LogP contribution in [-0.2, 0) is 10.0 Å². The minimum Gasteiger partial charge on any atom is -0.349 e. The van der Waals surface area contributed by atoms with E-state index in [9.17, 15) is 17.6 Å². The highest BCUT2D eigenvalue weighted by molar-refractivity contribution is 7.89. The molecular formula is C11H13FN2O3S. The van der Waals surface area contributed by atoms with Gasteiger partial charge < -0.3 is 5.32 Å². The third-order valence-corrected chi connectivity index (χ3v) is 3.78. The molecule has 0 radical (unpaired) electrons. The van der Waals surface area contributed by atoms with Crippen molar-refractivity contribution in [1.82, 2.24) is 5.32 Å². The van der Waals surface area contributed by atoms with Gasteiger partial charge in [-0.05, 0) is 30.5 Å². The van der Waals surface area contributed by atoms with Crippen LogP contribution in [-0.4, -0.2) is 20.4 Å². The van der Waals surface area contributed by atoms with Crippen molar-refractivity contribution in [2.75, 3.05) is 0 Å². The van der Waals surface area contributed by atoms with Crippen LogP contribution >= 0.6 is 0 Å². The van der Waals surface area contributed by atoms with E-state index in [1.54, 1.807) is 0 Å². The molecule has 18 heavy (non-hydrogen) atoms. The van der Waals surface area contributed by atoms with Gasteiger partial charge in [0.25, 0.3) is 5.91 Å². The van der Waals surface area contributed by atoms with Crippen molar-refractivity contribution in [3.63, 3.8) is 0 Å². The zero-order valence-electron chi connectivity index (χ0n) is 9.68. The lowest BCUT2D eigenvalue weighted by atomic mass is 10.2. The SMILES string of the molecule is CC1CC1NC(=O)c1cc(F)cc(S(N)(=O)=O)c1. The molecule has 1 aliphatic carbocycles. The second kappa shape index (κ2) is 4.33. The molecule has 98 valence electrons. The number of nitrogens with one attached hydrogen (secondary N) is 1. The van der Waals surface area contributed by atoms with Crippen molar-refractivity contribution in [2.24, 2.45) is 11.1 Å². The van der Waals surface area contributed by atoms with E-state index in [0.717, 1.165) is 24.6 Å². The Morgan fingerprint density at radius 3 is 2.56 bits per heavy atom. The Bertz CT molecular complexity index is 600. The molecule has 1 fully saturated rings. The summed E-state index contributed by atoms with van der Waals surface area (Å²) in [7, 11) is -4.02. The first-order valence-corrected chi connectivity index (χ1v) is 6.96. The minimum absolute atomic E-state index is 0.0434. The normalized spacial score (nSPS) is 22.6. The number of hydrogen-bond donors (Lipinski definition) is 2. The van der Waals surface area contributed by atoms with E-state index in [1.807, 2.05) is 6.92 Å². The number of sulfonamides is 1. The third kappa shape index (κ3) is 2.85. The number of carbonyl (C=O) groups excluding carboxylic acids is 1. The van der Waals surface area contributed by atoms with Gasteiger partial charge in [-0.2, -0.15) is 0 Å². The lowest BCUT2D eigenvalue weighted by Crippen LogP contribution is -2.27. The summed E-state index contributed by atoms with van der Waals surface area (Å²) < 4.78 is 35.5. The van der Waals surface area contributed by atoms with Crippen molar-refractivity contribution in [3.8, 4) is 0 Å². The van der Waals surface area contributed by atoms with Crippen LogP contribution in [0.3, 0.4) is 0 Å². The lowest BCUT2D eigenvalue weighted by Gasteiger charge is -2.06. The largest absolute Gasteiger partial charge is 0.349 e. The summed E-state index contributed by atoms with van der Waals surface area (Å²) in [6.45, 7) is 1.98. The number of primary sulfonamides is 1. The fraction of sp³-hybridized carbons (Fsp3) is 0.364. The van der Waals surface area contributed by atoms with Gasteiger partial charge in [0.1, 0.15) is 5.82 Å². The molecule has 0 aliphatic heterocycles. The van der Waals surface area contributed by atoms with E-state index >= 15 is 0 Å². The summed E-state index contributed by atoms with van der Waals surface area (Å²) in [6.07, 6.45) is 0.878. The van der Waals surface area contributed by atoms with Crippen LogP contribution in [0.4, 0.5) is 4.39 Å². The highest BCUT2D eigenvalue weighted by Gasteiger charge is 2.34. The van der Waals surface area contributed by atoms with Crippen molar-refractivity contribution in [2.45, 2.75) is 24.3 Å². The van der Waals surface area contributed by atoms with E-state index in [2.05, 4.69) is 5.32 Å². The number of amides is 1. The number of rotatable bonds is 3. The molecule has 3 N–H and O–H groups in total. The highest BCUT2D eigenvalue weighted by Crippen LogP contribution is 2.29. The molecular weight excluding hydrogens is 259 g/mol. The molecule has 0 aromatic heterocycles. The number of benzene rings is 1. The van der Waals surface area contributed by atoms with Crippen molar-refractivity contribution >= 4 is 15.9 Å². The van der Waals surface area contributed by atoms with E-state index in [1.165, 1.54) is 0 Å². The number of hydrogen-bond acceptors (Lipinski definition) is 3. The van der Waals surface area contributed by atoms with Gasteiger partial charge in [0.05, 0.1) is 4.90 Å². The van der Waals surface area contributed by atoms with Crippen molar-refractivity contribution in [1.29, 1.82) is 0 Å². The zero-order valence-corrected chi connectivity index (χ0v) is 10.5. The van der Waals surface area contributed by atoms with Crippen LogP contribution in [0.2, 0.25) is 0 Å². The van der Waals surface area contributed by atoms with E-state index in [0.29, 0.717) is 5.92 Å². The topological polar surface area (TPSA) is 89.3 Å². The van der Waals surface area contributed by atoms with Crippen molar-refractivity contribution in [3.05, 3.63) is 29.6 Å². The molecule has 0 spiro atoms. The number of carbonyl (C=O) groups is 1. The van der Waals surface area contributed by atoms with E-state index in [-0.39, 0.29) is 11.6 Å². The fourth-order valence-corrected chi connectivity index (χ4v) is 2.20. The Morgan fingerprint density at radius 2 is 2.06 bits per heavy atom. The van der Waals surface area contributed by atoms with Gasteiger partial charge in [0.2, 0.25) is 10.0 Å². The Labute approximate surface area is 104 Å². The Morgan fingerprint density at radius 1 is 1.44 bits per heavy atom. The fourth-order valence-electron chi connectivity index (χ4n) is 1.63. The summed E-state index contributed by atoms with van der Waals surface area (Å²) in [4.78, 5) is 11.4. The molecule has 1 aromatic carbocycles. The van der Waals surface area contributed by atoms with E-state index < -0.39 is 26.6 Å². The maximum Gasteiger partial charge on any atom is 0.251 e. The monoisotopic (exact) mass is 272 g/mol. The summed E-state index contributed by atoms with van der Waals surface area (Å²) in [5, 5.41) is 7.59. The van der Waals surface area contributed by atoms with Crippen LogP contribution < -0.4 is 10.5 Å². The first-order valence-electron chi connectivity index (χ1n) is 5.41. The second-order valence-electron chi connectivity index (χ2n) is 4.51. The highest BCUT2D eigenvalue weighted by atomic mass is 32.2. The molecule has 1 amide bonds. The van der Waals surface area contributed by atoms with Crippen LogP contribution in [0.25, 0.3) is 0 Å². The molecule has 2 unspecified atom stereocenters. The Balaban J connectivity index is 2.27. The molecule has 0 bridgehead atoms. The van der Waals surface area contributed by atoms with Gasteiger partial charge in [0.15, 0.2) is 0 Å². The van der Waals surface area contributed by atoms with Crippen LogP contribution in [0, 0.1) is 11.7 Å². The number of nitrogens with two attached hydrogens (primary N) is 1. The second-order valence-corrected chi connectivity index (χ2v) is 6.07. The number of halogens is 1. The zero-order chi connectivity index (χ0) is 13.5. The molecule has 1 saturated carbocycles. The van der Waals surface area contributed by atoms with Gasteiger partial charge in [-0.25, -0.2) is 17.9 Å². The summed E-state index contributed by atoms with van der Waals surface area (Å²) in [6, 6.07) is 2.92. The molecule has 0 saturated heterocycles. The van der Waals surface area contributed by atoms with Crippen LogP contribution in [0.15, 0.2) is 23.1 Å². The predicted molar refractivity (Wildman–Crippen MR) is 62.8 cm³/mol. The average molecular weight is 272 g/mol.